The minimum absolute atomic E-state index is 0.461. The first kappa shape index (κ1) is 18.1. The van der Waals surface area contributed by atoms with Gasteiger partial charge in [0.2, 0.25) is 12.2 Å². The molecule has 1 unspecified atom stereocenters. The summed E-state index contributed by atoms with van der Waals surface area (Å²) in [5, 5.41) is 8.70. The maximum atomic E-state index is 7.37. The number of nitrogens with zero attached hydrogens (tertiary/aromatic N) is 2. The van der Waals surface area contributed by atoms with Gasteiger partial charge in [-0.25, -0.2) is 11.1 Å². The highest BCUT2D eigenvalue weighted by molar-refractivity contribution is 7.73. The van der Waals surface area contributed by atoms with E-state index in [2.05, 4.69) is 72.6 Å². The van der Waals surface area contributed by atoms with Gasteiger partial charge in [-0.2, -0.15) is 0 Å². The van der Waals surface area contributed by atoms with E-state index in [1.165, 1.54) is 68.5 Å². The Bertz CT molecular complexity index is 1440. The van der Waals surface area contributed by atoms with E-state index in [-0.39, 0.29) is 0 Å². The summed E-state index contributed by atoms with van der Waals surface area (Å²) in [6.45, 7) is 12.6. The highest BCUT2D eigenvalue weighted by atomic mass is 31.1. The highest BCUT2D eigenvalue weighted by Gasteiger charge is 2.35. The van der Waals surface area contributed by atoms with Crippen molar-refractivity contribution >= 4 is 40.1 Å². The van der Waals surface area contributed by atoms with E-state index in [9.17, 15) is 0 Å². The SMILES string of the molecule is [C-]#[N+]Cc1cc2c3c([n+](C)ccc3c1)-c1c(c3c4c(cccc4c1C)CCC3)P2C. The minimum atomic E-state index is -0.463. The molecule has 6 rings (SSSR count). The Balaban J connectivity index is 1.84. The second-order valence-corrected chi connectivity index (χ2v) is 10.8. The molecule has 3 heteroatoms. The van der Waals surface area contributed by atoms with E-state index in [1.807, 2.05) is 0 Å². The molecule has 4 aromatic rings. The maximum absolute atomic E-state index is 7.37. The molecule has 0 N–H and O–H groups in total. The summed E-state index contributed by atoms with van der Waals surface area (Å²) < 4.78 is 2.32. The van der Waals surface area contributed by atoms with Crippen molar-refractivity contribution in [3.8, 4) is 11.3 Å². The van der Waals surface area contributed by atoms with Gasteiger partial charge in [0, 0.05) is 11.6 Å². The molecule has 3 aromatic carbocycles. The standard InChI is InChI=1S/C27H24N2P/c1-16-20-9-5-7-18-8-6-10-21(24(18)20)27-23(16)26-25-19(11-12-29(26)3)13-17(15-28-2)14-22(25)30(27)4/h5,7,9,11-14H,6,8,10,15H2,1,3-4H3/q+1. The summed E-state index contributed by atoms with van der Waals surface area (Å²) in [4.78, 5) is 3.68. The summed E-state index contributed by atoms with van der Waals surface area (Å²) in [6, 6.07) is 13.7. The quantitative estimate of drug-likeness (QED) is 0.236. The lowest BCUT2D eigenvalue weighted by molar-refractivity contribution is -0.659. The van der Waals surface area contributed by atoms with E-state index in [4.69, 9.17) is 6.57 Å². The van der Waals surface area contributed by atoms with Gasteiger partial charge in [0.25, 0.3) is 0 Å². The number of aryl methyl sites for hydroxylation is 4. The van der Waals surface area contributed by atoms with Crippen molar-refractivity contribution in [3.05, 3.63) is 76.3 Å². The van der Waals surface area contributed by atoms with Gasteiger partial charge in [0.05, 0.1) is 10.9 Å². The van der Waals surface area contributed by atoms with Crippen LogP contribution < -0.4 is 15.2 Å². The molecule has 0 radical (unpaired) electrons. The second-order valence-electron chi connectivity index (χ2n) is 8.75. The molecule has 0 amide bonds. The fourth-order valence-corrected chi connectivity index (χ4v) is 8.24. The lowest BCUT2D eigenvalue weighted by Crippen LogP contribution is -2.37. The van der Waals surface area contributed by atoms with Crippen LogP contribution in [-0.4, -0.2) is 6.66 Å². The van der Waals surface area contributed by atoms with Gasteiger partial charge in [-0.15, -0.1) is 0 Å². The van der Waals surface area contributed by atoms with Crippen molar-refractivity contribution in [2.24, 2.45) is 7.05 Å². The number of fused-ring (bicyclic) bond motifs is 3. The topological polar surface area (TPSA) is 8.24 Å². The summed E-state index contributed by atoms with van der Waals surface area (Å²) in [5.74, 6) is 0. The van der Waals surface area contributed by atoms with E-state index in [0.717, 1.165) is 5.56 Å². The molecule has 0 saturated heterocycles. The zero-order valence-electron chi connectivity index (χ0n) is 17.7. The van der Waals surface area contributed by atoms with Crippen LogP contribution in [0.3, 0.4) is 0 Å². The monoisotopic (exact) mass is 407 g/mol. The summed E-state index contributed by atoms with van der Waals surface area (Å²) in [5.41, 5.74) is 8.54. The Labute approximate surface area is 178 Å². The average molecular weight is 407 g/mol. The van der Waals surface area contributed by atoms with Gasteiger partial charge in [0.15, 0.2) is 6.20 Å². The number of hydrogen-bond donors (Lipinski definition) is 0. The van der Waals surface area contributed by atoms with Crippen molar-refractivity contribution in [3.63, 3.8) is 0 Å². The first-order valence-corrected chi connectivity index (χ1v) is 12.5. The van der Waals surface area contributed by atoms with E-state index < -0.39 is 7.92 Å². The van der Waals surface area contributed by atoms with Crippen LogP contribution in [0.4, 0.5) is 0 Å². The lowest BCUT2D eigenvalue weighted by Gasteiger charge is -2.32. The number of hydrogen-bond acceptors (Lipinski definition) is 0. The van der Waals surface area contributed by atoms with Crippen LogP contribution in [0, 0.1) is 13.5 Å². The van der Waals surface area contributed by atoms with Gasteiger partial charge in [-0.3, -0.25) is 0 Å². The maximum Gasteiger partial charge on any atom is 0.239 e. The van der Waals surface area contributed by atoms with Crippen LogP contribution in [0.15, 0.2) is 42.6 Å². The summed E-state index contributed by atoms with van der Waals surface area (Å²) in [6.07, 6.45) is 5.81. The van der Waals surface area contributed by atoms with Crippen LogP contribution in [-0.2, 0) is 26.4 Å². The molecule has 0 fully saturated rings. The summed E-state index contributed by atoms with van der Waals surface area (Å²) in [7, 11) is 1.72. The molecule has 1 aliphatic carbocycles. The largest absolute Gasteiger partial charge is 0.312 e. The van der Waals surface area contributed by atoms with Crippen molar-refractivity contribution in [1.82, 2.24) is 0 Å². The highest BCUT2D eigenvalue weighted by Crippen LogP contribution is 2.48. The predicted molar refractivity (Wildman–Crippen MR) is 127 cm³/mol. The van der Waals surface area contributed by atoms with Crippen LogP contribution in [0.5, 0.6) is 0 Å². The second kappa shape index (κ2) is 6.37. The number of rotatable bonds is 1. The third kappa shape index (κ3) is 2.25. The lowest BCUT2D eigenvalue weighted by atomic mass is 9.83. The van der Waals surface area contributed by atoms with E-state index in [0.29, 0.717) is 6.54 Å². The molecule has 0 bridgehead atoms. The molecule has 1 aliphatic heterocycles. The molecule has 2 nitrogen and oxygen atoms in total. The molecule has 30 heavy (non-hydrogen) atoms. The molecule has 0 saturated carbocycles. The molecule has 1 aromatic heterocycles. The predicted octanol–water partition coefficient (Wildman–Crippen LogP) is 5.08. The third-order valence-corrected chi connectivity index (χ3v) is 9.34. The zero-order valence-corrected chi connectivity index (χ0v) is 18.6. The van der Waals surface area contributed by atoms with Crippen molar-refractivity contribution < 1.29 is 4.57 Å². The molecule has 2 heterocycles. The van der Waals surface area contributed by atoms with Gasteiger partial charge in [-0.05, 0) is 96.4 Å². The molecule has 1 atom stereocenters. The van der Waals surface area contributed by atoms with Crippen LogP contribution in [0.2, 0.25) is 0 Å². The van der Waals surface area contributed by atoms with Crippen molar-refractivity contribution in [1.29, 1.82) is 0 Å². The first-order valence-electron chi connectivity index (χ1n) is 10.7. The minimum Gasteiger partial charge on any atom is -0.312 e. The third-order valence-electron chi connectivity index (χ3n) is 7.10. The molecule has 146 valence electrons. The van der Waals surface area contributed by atoms with Crippen molar-refractivity contribution in [2.45, 2.75) is 32.7 Å². The Morgan fingerprint density at radius 2 is 2.00 bits per heavy atom. The van der Waals surface area contributed by atoms with E-state index in [1.54, 1.807) is 10.9 Å². The number of pyridine rings is 1. The van der Waals surface area contributed by atoms with Gasteiger partial charge < -0.3 is 4.85 Å². The summed E-state index contributed by atoms with van der Waals surface area (Å²) >= 11 is 0. The van der Waals surface area contributed by atoms with Crippen LogP contribution in [0.25, 0.3) is 37.6 Å². The van der Waals surface area contributed by atoms with Gasteiger partial charge in [0.1, 0.15) is 7.05 Å². The van der Waals surface area contributed by atoms with Crippen LogP contribution >= 0.6 is 7.92 Å². The molecule has 0 spiro atoms. The van der Waals surface area contributed by atoms with Crippen LogP contribution in [0.1, 0.15) is 28.7 Å². The smallest absolute Gasteiger partial charge is 0.239 e. The van der Waals surface area contributed by atoms with Crippen molar-refractivity contribution in [2.75, 3.05) is 6.66 Å². The Hall–Kier alpha value is -2.75. The fourth-order valence-electron chi connectivity index (χ4n) is 5.83. The zero-order chi connectivity index (χ0) is 20.6. The van der Waals surface area contributed by atoms with E-state index >= 15 is 0 Å². The molecular formula is C27H24N2P+. The number of aromatic nitrogens is 1. The number of benzene rings is 3. The Morgan fingerprint density at radius 1 is 1.13 bits per heavy atom. The molecule has 2 aliphatic rings. The first-order chi connectivity index (χ1) is 14.6. The normalized spacial score (nSPS) is 16.5. The fraction of sp³-hybridized carbons (Fsp3) is 0.259. The Morgan fingerprint density at radius 3 is 2.83 bits per heavy atom. The average Bonchev–Trinajstić information content (AvgIpc) is 2.75. The Kier molecular flexibility index (Phi) is 3.83. The van der Waals surface area contributed by atoms with Gasteiger partial charge in [-0.1, -0.05) is 18.2 Å². The van der Waals surface area contributed by atoms with Gasteiger partial charge >= 0.3 is 0 Å². The molecular weight excluding hydrogens is 383 g/mol.